The molecule has 0 radical (unpaired) electrons. The molecule has 1 fully saturated rings. The van der Waals surface area contributed by atoms with E-state index in [9.17, 15) is 20.4 Å². The molecule has 3 heterocycles. The van der Waals surface area contributed by atoms with Gasteiger partial charge in [-0.25, -0.2) is 15.0 Å². The van der Waals surface area contributed by atoms with E-state index in [1.807, 2.05) is 54.6 Å². The van der Waals surface area contributed by atoms with Crippen LogP contribution in [0.1, 0.15) is 29.9 Å². The predicted molar refractivity (Wildman–Crippen MR) is 158 cm³/mol. The third-order valence-electron chi connectivity index (χ3n) is 8.92. The van der Waals surface area contributed by atoms with Gasteiger partial charge in [-0.3, -0.25) is 4.57 Å². The molecule has 11 heteroatoms. The van der Waals surface area contributed by atoms with Gasteiger partial charge in [-0.05, 0) is 38.2 Å². The molecule has 0 spiro atoms. The van der Waals surface area contributed by atoms with E-state index in [2.05, 4.69) is 15.0 Å². The molecule has 0 saturated carbocycles. The molecule has 8 rings (SSSR count). The van der Waals surface area contributed by atoms with E-state index in [0.29, 0.717) is 27.9 Å². The summed E-state index contributed by atoms with van der Waals surface area (Å²) in [5.41, 5.74) is 9.23. The first-order valence-electron chi connectivity index (χ1n) is 14.2. The highest BCUT2D eigenvalue weighted by atomic mass is 16.6. The molecule has 3 aromatic carbocycles. The van der Waals surface area contributed by atoms with Crippen molar-refractivity contribution in [1.82, 2.24) is 19.5 Å². The molecule has 11 nitrogen and oxygen atoms in total. The Morgan fingerprint density at radius 1 is 0.907 bits per heavy atom. The maximum atomic E-state index is 11.4. The summed E-state index contributed by atoms with van der Waals surface area (Å²) in [5, 5.41) is 48.8. The average molecular weight is 580 g/mol. The van der Waals surface area contributed by atoms with Crippen LogP contribution in [0.4, 0.5) is 5.82 Å². The number of rotatable bonds is 4. The monoisotopic (exact) mass is 579 g/mol. The molecule has 3 aliphatic rings. The number of allylic oxidation sites excluding steroid dienone is 2. The smallest absolute Gasteiger partial charge is 0.167 e. The number of anilines is 1. The molecule has 5 aromatic rings. The van der Waals surface area contributed by atoms with E-state index < -0.39 is 42.9 Å². The number of aliphatic hydroxyl groups excluding tert-OH is 4. The van der Waals surface area contributed by atoms with Crippen molar-refractivity contribution in [3.63, 3.8) is 0 Å². The van der Waals surface area contributed by atoms with E-state index >= 15 is 0 Å². The van der Waals surface area contributed by atoms with Crippen molar-refractivity contribution in [2.45, 2.75) is 49.3 Å². The van der Waals surface area contributed by atoms with Gasteiger partial charge in [0.15, 0.2) is 11.5 Å². The zero-order chi connectivity index (χ0) is 29.4. The number of hydrogen-bond donors (Lipinski definition) is 5. The van der Waals surface area contributed by atoms with Crippen LogP contribution in [-0.4, -0.2) is 77.1 Å². The Bertz CT molecular complexity index is 1970. The Kier molecular flexibility index (Phi) is 6.09. The number of fused-ring (bicyclic) bond motifs is 7. The van der Waals surface area contributed by atoms with Crippen LogP contribution in [0, 0.1) is 0 Å². The highest BCUT2D eigenvalue weighted by Gasteiger charge is 2.42. The van der Waals surface area contributed by atoms with Crippen molar-refractivity contribution in [3.8, 4) is 0 Å². The van der Waals surface area contributed by atoms with Gasteiger partial charge in [0.2, 0.25) is 0 Å². The molecule has 1 saturated heterocycles. The molecule has 2 aliphatic carbocycles. The largest absolute Gasteiger partial charge is 0.390 e. The number of imidazole rings is 1. The maximum absolute atomic E-state index is 11.4. The van der Waals surface area contributed by atoms with Gasteiger partial charge >= 0.3 is 0 Å². The second kappa shape index (κ2) is 9.91. The van der Waals surface area contributed by atoms with Gasteiger partial charge in [0.25, 0.3) is 0 Å². The van der Waals surface area contributed by atoms with Gasteiger partial charge in [-0.15, -0.1) is 0 Å². The van der Waals surface area contributed by atoms with Crippen molar-refractivity contribution < 1.29 is 29.9 Å². The molecule has 0 bridgehead atoms. The second-order valence-electron chi connectivity index (χ2n) is 11.3. The standard InChI is InChI=1S/C32H29N5O6/c33-31-27-32(35-13-34-31)37(14-36-27)24-11-21(38)23(43-24)12-42-22-10-9-20-19-8-7-17-16-4-2-1-3-15(16)5-6-18(17)25(19)29(40)30(41)26(20)28(22)39/h1-10,13-14,21-24,28-30,38-41H,11-12H2,(H2,33,34,35)/t21-,22-,23+,24+,28+,29-,30+/m0/s1. The van der Waals surface area contributed by atoms with Crippen molar-refractivity contribution in [2.24, 2.45) is 0 Å². The van der Waals surface area contributed by atoms with Crippen LogP contribution in [0.25, 0.3) is 38.3 Å². The molecule has 0 unspecified atom stereocenters. The fourth-order valence-electron chi connectivity index (χ4n) is 6.77. The Labute approximate surface area is 245 Å². The van der Waals surface area contributed by atoms with Crippen LogP contribution >= 0.6 is 0 Å². The SMILES string of the molecule is Nc1ncnc2c1ncn2[C@H]1C[C@H](O)[C@@H](CO[C@H]2C=CC3=C([C@@H](O)[C@@H](O)c4c3ccc3c4ccc4ccccc43)[C@@H]2O)O1. The average Bonchev–Trinajstić information content (AvgIpc) is 3.62. The summed E-state index contributed by atoms with van der Waals surface area (Å²) in [4.78, 5) is 12.5. The Balaban J connectivity index is 1.04. The van der Waals surface area contributed by atoms with E-state index in [1.165, 1.54) is 6.33 Å². The van der Waals surface area contributed by atoms with Crippen LogP contribution in [0.2, 0.25) is 0 Å². The number of hydrogen-bond acceptors (Lipinski definition) is 10. The number of benzene rings is 3. The lowest BCUT2D eigenvalue weighted by atomic mass is 9.74. The summed E-state index contributed by atoms with van der Waals surface area (Å²) in [7, 11) is 0. The van der Waals surface area contributed by atoms with E-state index in [1.54, 1.807) is 17.0 Å². The summed E-state index contributed by atoms with van der Waals surface area (Å²) < 4.78 is 13.8. The van der Waals surface area contributed by atoms with Crippen LogP contribution < -0.4 is 5.73 Å². The predicted octanol–water partition coefficient (Wildman–Crippen LogP) is 2.54. The molecule has 0 amide bonds. The van der Waals surface area contributed by atoms with Crippen molar-refractivity contribution in [3.05, 3.63) is 90.0 Å². The van der Waals surface area contributed by atoms with Crippen LogP contribution in [0.5, 0.6) is 0 Å². The molecule has 6 N–H and O–H groups in total. The zero-order valence-corrected chi connectivity index (χ0v) is 22.9. The highest BCUT2D eigenvalue weighted by molar-refractivity contribution is 6.10. The minimum Gasteiger partial charge on any atom is -0.390 e. The summed E-state index contributed by atoms with van der Waals surface area (Å²) in [5.74, 6) is 0.258. The molecular formula is C32H29N5O6. The van der Waals surface area contributed by atoms with E-state index in [4.69, 9.17) is 15.2 Å². The minimum absolute atomic E-state index is 0.0109. The highest BCUT2D eigenvalue weighted by Crippen LogP contribution is 2.46. The van der Waals surface area contributed by atoms with E-state index in [-0.39, 0.29) is 18.8 Å². The first kappa shape index (κ1) is 26.4. The molecular weight excluding hydrogens is 550 g/mol. The molecule has 43 heavy (non-hydrogen) atoms. The number of nitrogen functional groups attached to an aromatic ring is 1. The van der Waals surface area contributed by atoms with Gasteiger partial charge in [0.1, 0.15) is 48.6 Å². The summed E-state index contributed by atoms with van der Waals surface area (Å²) >= 11 is 0. The van der Waals surface area contributed by atoms with Crippen LogP contribution in [0.15, 0.2) is 78.9 Å². The zero-order valence-electron chi connectivity index (χ0n) is 22.9. The number of nitrogens with two attached hydrogens (primary N) is 1. The third-order valence-corrected chi connectivity index (χ3v) is 8.92. The lowest BCUT2D eigenvalue weighted by Crippen LogP contribution is -2.42. The fourth-order valence-corrected chi connectivity index (χ4v) is 6.77. The number of ether oxygens (including phenoxy) is 2. The maximum Gasteiger partial charge on any atom is 0.167 e. The quantitative estimate of drug-likeness (QED) is 0.200. The normalized spacial score (nSPS) is 28.6. The van der Waals surface area contributed by atoms with Crippen molar-refractivity contribution in [1.29, 1.82) is 0 Å². The molecule has 218 valence electrons. The number of aliphatic hydroxyl groups is 4. The minimum atomic E-state index is -1.33. The molecule has 1 aliphatic heterocycles. The summed E-state index contributed by atoms with van der Waals surface area (Å²) in [6, 6.07) is 16.0. The van der Waals surface area contributed by atoms with Gasteiger partial charge in [-0.2, -0.15) is 0 Å². The van der Waals surface area contributed by atoms with Gasteiger partial charge in [-0.1, -0.05) is 60.7 Å². The molecule has 7 atom stereocenters. The first-order valence-corrected chi connectivity index (χ1v) is 14.2. The second-order valence-corrected chi connectivity index (χ2v) is 11.3. The molecule has 2 aromatic heterocycles. The topological polar surface area (TPSA) is 169 Å². The summed E-state index contributed by atoms with van der Waals surface area (Å²) in [6.45, 7) is -0.0109. The summed E-state index contributed by atoms with van der Waals surface area (Å²) in [6.07, 6.45) is 0.110. The Morgan fingerprint density at radius 2 is 1.74 bits per heavy atom. The first-order chi connectivity index (χ1) is 20.9. The lowest BCUT2D eigenvalue weighted by Gasteiger charge is -2.38. The Hall–Kier alpha value is -4.23. The van der Waals surface area contributed by atoms with Crippen LogP contribution in [-0.2, 0) is 9.47 Å². The third kappa shape index (κ3) is 4.01. The van der Waals surface area contributed by atoms with Gasteiger partial charge < -0.3 is 35.6 Å². The van der Waals surface area contributed by atoms with Gasteiger partial charge in [0.05, 0.1) is 19.0 Å². The number of aromatic nitrogens is 4. The van der Waals surface area contributed by atoms with Crippen LogP contribution in [0.3, 0.4) is 0 Å². The Morgan fingerprint density at radius 3 is 2.63 bits per heavy atom. The fraction of sp³-hybridized carbons (Fsp3) is 0.281. The van der Waals surface area contributed by atoms with Crippen molar-refractivity contribution in [2.75, 3.05) is 12.3 Å². The number of nitrogens with zero attached hydrogens (tertiary/aromatic N) is 4. The lowest BCUT2D eigenvalue weighted by molar-refractivity contribution is -0.0901. The van der Waals surface area contributed by atoms with Gasteiger partial charge in [0, 0.05) is 12.0 Å². The van der Waals surface area contributed by atoms with Crippen molar-refractivity contribution >= 4 is 44.1 Å². The van der Waals surface area contributed by atoms with E-state index in [0.717, 1.165) is 27.1 Å².